The molecule has 0 aliphatic carbocycles. The molecule has 0 amide bonds. The van der Waals surface area contributed by atoms with E-state index in [1.165, 1.54) is 93.2 Å². The van der Waals surface area contributed by atoms with Crippen molar-refractivity contribution in [2.24, 2.45) is 0 Å². The molecule has 8 heterocycles. The van der Waals surface area contributed by atoms with Crippen LogP contribution in [0.25, 0.3) is 0 Å². The van der Waals surface area contributed by atoms with Gasteiger partial charge in [0.1, 0.15) is 0 Å². The first kappa shape index (κ1) is 56.2. The first-order valence-corrected chi connectivity index (χ1v) is 25.3. The molecule has 8 rings (SSSR count). The number of rotatable bonds is 12. The molecule has 2 saturated heterocycles. The molecule has 2 fully saturated rings. The van der Waals surface area contributed by atoms with E-state index in [1.54, 1.807) is 0 Å². The molecule has 17 heteroatoms. The van der Waals surface area contributed by atoms with E-state index in [0.717, 1.165) is 99.1 Å². The SMILES string of the molecule is C1CCOC1.C1CCOC1.CCc1c(C)nn([BH-](n2nc(C)c(CC)c2C)n2nc(C)c(CC)c2C)c1C.CCc1c(C)nn([BH-](n2nc(C)c(CC)c2C)n2nc(C)c(CC)c2C)c1C.[Sm]. The van der Waals surface area contributed by atoms with Gasteiger partial charge in [-0.15, -0.1) is 0 Å². The van der Waals surface area contributed by atoms with Gasteiger partial charge in [-0.2, -0.15) is 0 Å². The van der Waals surface area contributed by atoms with Gasteiger partial charge >= 0.3 is 14.2 Å². The van der Waals surface area contributed by atoms with Gasteiger partial charge in [0, 0.05) is 66.8 Å². The van der Waals surface area contributed by atoms with E-state index in [9.17, 15) is 0 Å². The maximum absolute atomic E-state index is 4.98. The third-order valence-electron chi connectivity index (χ3n) is 14.6. The van der Waals surface area contributed by atoms with E-state index in [0.29, 0.717) is 0 Å². The second-order valence-corrected chi connectivity index (χ2v) is 18.5. The first-order valence-electron chi connectivity index (χ1n) is 25.3. The van der Waals surface area contributed by atoms with E-state index in [4.69, 9.17) is 40.1 Å². The van der Waals surface area contributed by atoms with Gasteiger partial charge in [-0.25, -0.2) is 30.6 Å². The minimum Gasteiger partial charge on any atom is -0.400 e. The number of hydrogen-bond acceptors (Lipinski definition) is 8. The van der Waals surface area contributed by atoms with Crippen molar-refractivity contribution in [2.45, 2.75) is 189 Å². The molecule has 0 spiro atoms. The zero-order chi connectivity index (χ0) is 48.6. The predicted octanol–water partition coefficient (Wildman–Crippen LogP) is 8.55. The fourth-order valence-corrected chi connectivity index (χ4v) is 10.9. The van der Waals surface area contributed by atoms with Crippen LogP contribution in [0.4, 0.5) is 0 Å². The molecule has 0 N–H and O–H groups in total. The summed E-state index contributed by atoms with van der Waals surface area (Å²) in [5, 5.41) is 29.9. The van der Waals surface area contributed by atoms with Crippen molar-refractivity contribution in [3.8, 4) is 0 Å². The van der Waals surface area contributed by atoms with Gasteiger partial charge in [-0.1, -0.05) is 41.5 Å². The summed E-state index contributed by atoms with van der Waals surface area (Å²) in [4.78, 5) is 0. The van der Waals surface area contributed by atoms with Crippen LogP contribution in [0.2, 0.25) is 0 Å². The number of ether oxygens (including phenoxy) is 2. The minimum atomic E-state index is -1.34. The van der Waals surface area contributed by atoms with Crippen LogP contribution in [0.5, 0.6) is 0 Å². The number of hydrogen-bond donors (Lipinski definition) is 0. The van der Waals surface area contributed by atoms with Gasteiger partial charge in [-0.3, -0.25) is 0 Å². The summed E-state index contributed by atoms with van der Waals surface area (Å²) >= 11 is 0. The van der Waals surface area contributed by atoms with Crippen LogP contribution in [-0.4, -0.2) is 98.8 Å². The van der Waals surface area contributed by atoms with Crippen LogP contribution in [0.1, 0.15) is 169 Å². The van der Waals surface area contributed by atoms with Crippen molar-refractivity contribution < 1.29 is 49.9 Å². The Labute approximate surface area is 436 Å². The molecule has 370 valence electrons. The Morgan fingerprint density at radius 3 is 0.552 bits per heavy atom. The van der Waals surface area contributed by atoms with Crippen LogP contribution in [0.15, 0.2) is 0 Å². The Hall–Kier alpha value is -3.35. The molecule has 0 unspecified atom stereocenters. The van der Waals surface area contributed by atoms with E-state index in [-0.39, 0.29) is 40.4 Å². The zero-order valence-corrected chi connectivity index (χ0v) is 47.5. The maximum atomic E-state index is 4.98. The van der Waals surface area contributed by atoms with Crippen LogP contribution in [0.3, 0.4) is 0 Å². The van der Waals surface area contributed by atoms with Crippen LogP contribution < -0.4 is 0 Å². The summed E-state index contributed by atoms with van der Waals surface area (Å²) in [5.41, 5.74) is 21.9. The molecular weight excluding hydrogens is 973 g/mol. The summed E-state index contributed by atoms with van der Waals surface area (Å²) in [6, 6.07) is 0. The van der Waals surface area contributed by atoms with Gasteiger partial charge in [0.15, 0.2) is 0 Å². The summed E-state index contributed by atoms with van der Waals surface area (Å²) in [5.74, 6) is 0. The van der Waals surface area contributed by atoms with Crippen molar-refractivity contribution in [3.05, 3.63) is 102 Å². The Morgan fingerprint density at radius 1 is 0.313 bits per heavy atom. The average Bonchev–Trinajstić information content (AvgIpc) is 4.18. The molecular formula is C50H84B2N12O2Sm-2. The molecule has 2 aliphatic heterocycles. The third kappa shape index (κ3) is 12.0. The van der Waals surface area contributed by atoms with Crippen molar-refractivity contribution in [1.29, 1.82) is 0 Å². The van der Waals surface area contributed by atoms with Crippen molar-refractivity contribution in [1.82, 2.24) is 58.1 Å². The second kappa shape index (κ2) is 25.5. The molecule has 6 aromatic rings. The molecule has 0 radical (unpaired) electrons. The van der Waals surface area contributed by atoms with Crippen molar-refractivity contribution in [2.75, 3.05) is 26.4 Å². The molecule has 0 bridgehead atoms. The second-order valence-electron chi connectivity index (χ2n) is 18.5. The van der Waals surface area contributed by atoms with Crippen LogP contribution in [-0.2, 0) is 48.0 Å². The fourth-order valence-electron chi connectivity index (χ4n) is 10.9. The number of aromatic nitrogens is 12. The predicted molar refractivity (Wildman–Crippen MR) is 273 cm³/mol. The molecule has 0 saturated carbocycles. The quantitative estimate of drug-likeness (QED) is 0.112. The van der Waals surface area contributed by atoms with Gasteiger partial charge in [0.25, 0.3) is 0 Å². The molecule has 14 nitrogen and oxygen atoms in total. The van der Waals surface area contributed by atoms with Gasteiger partial charge in [0.05, 0.1) is 34.2 Å². The molecule has 2 aliphatic rings. The Kier molecular flexibility index (Phi) is 21.4. The molecule has 0 aromatic carbocycles. The summed E-state index contributed by atoms with van der Waals surface area (Å²) < 4.78 is 23.0. The van der Waals surface area contributed by atoms with E-state index < -0.39 is 14.2 Å². The molecule has 67 heavy (non-hydrogen) atoms. The Balaban J connectivity index is 0.000000238. The van der Waals surface area contributed by atoms with Crippen molar-refractivity contribution >= 4 is 14.2 Å². The average molecular weight is 1060 g/mol. The molecule has 6 aromatic heterocycles. The standard InChI is InChI=1S/2C21H34BN6.2C4H8O.Sm/c2*1-10-19-13(4)23-26(16(19)7)22(27-17(8)20(11-2)14(5)24-27)28-18(9)21(12-3)15(6)25-28;2*1-2-4-5-3-1;/h2*22H,10-12H2,1-9H3;2*1-4H2;/q2*-1;;;. The summed E-state index contributed by atoms with van der Waals surface area (Å²) in [6.45, 7) is 42.9. The van der Waals surface area contributed by atoms with Crippen LogP contribution >= 0.6 is 0 Å². The molecule has 0 atom stereocenters. The Morgan fingerprint density at radius 2 is 0.463 bits per heavy atom. The smallest absolute Gasteiger partial charge is 0.326 e. The van der Waals surface area contributed by atoms with E-state index in [2.05, 4.69) is 152 Å². The number of nitrogens with zero attached hydrogens (tertiary/aromatic N) is 12. The van der Waals surface area contributed by atoms with Gasteiger partial charge < -0.3 is 37.0 Å². The normalized spacial score (nSPS) is 13.4. The minimum absolute atomic E-state index is 0. The topological polar surface area (TPSA) is 125 Å². The Bertz CT molecular complexity index is 2090. The monoisotopic (exact) mass is 1060 g/mol. The summed E-state index contributed by atoms with van der Waals surface area (Å²) in [7, 11) is -2.68. The zero-order valence-electron chi connectivity index (χ0n) is 44.9. The van der Waals surface area contributed by atoms with Gasteiger partial charge in [-0.05, 0) is 215 Å². The van der Waals surface area contributed by atoms with E-state index in [1.807, 2.05) is 0 Å². The van der Waals surface area contributed by atoms with Crippen LogP contribution in [0, 0.1) is 123 Å². The van der Waals surface area contributed by atoms with Gasteiger partial charge in [0.2, 0.25) is 0 Å². The maximum Gasteiger partial charge on any atom is 0.326 e. The first-order chi connectivity index (χ1) is 31.5. The fraction of sp³-hybridized carbons (Fsp3) is 0.640. The number of aryl methyl sites for hydroxylation is 6. The largest absolute Gasteiger partial charge is 0.400 e. The third-order valence-corrected chi connectivity index (χ3v) is 14.6. The van der Waals surface area contributed by atoms with Crippen molar-refractivity contribution in [3.63, 3.8) is 0 Å². The van der Waals surface area contributed by atoms with E-state index >= 15 is 0 Å². The summed E-state index contributed by atoms with van der Waals surface area (Å²) in [6.07, 6.45) is 11.0.